The van der Waals surface area contributed by atoms with Gasteiger partial charge < -0.3 is 14.2 Å². The van der Waals surface area contributed by atoms with E-state index in [1.54, 1.807) is 21.3 Å². The van der Waals surface area contributed by atoms with Gasteiger partial charge in [0.15, 0.2) is 0 Å². The smallest absolute Gasteiger partial charge is 0.118 e. The Morgan fingerprint density at radius 3 is 1.25 bits per heavy atom. The number of benzene rings is 4. The molecule has 0 bridgehead atoms. The molecule has 3 nitrogen and oxygen atoms in total. The van der Waals surface area contributed by atoms with Crippen LogP contribution in [0.15, 0.2) is 103 Å². The predicted octanol–water partition coefficient (Wildman–Crippen LogP) is 5.42. The van der Waals surface area contributed by atoms with Crippen molar-refractivity contribution < 1.29 is 14.2 Å². The van der Waals surface area contributed by atoms with E-state index in [4.69, 9.17) is 14.2 Å². The van der Waals surface area contributed by atoms with Crippen LogP contribution in [-0.4, -0.2) is 35.2 Å². The topological polar surface area (TPSA) is 27.7 Å². The lowest BCUT2D eigenvalue weighted by molar-refractivity contribution is 0.415. The molecule has 0 aromatic heterocycles. The first kappa shape index (κ1) is 25.9. The molecule has 0 saturated heterocycles. The molecule has 0 unspecified atom stereocenters. The van der Waals surface area contributed by atoms with E-state index in [9.17, 15) is 0 Å². The van der Waals surface area contributed by atoms with Gasteiger partial charge in [0.05, 0.1) is 29.4 Å². The van der Waals surface area contributed by atoms with Crippen molar-refractivity contribution in [3.63, 3.8) is 0 Å². The molecule has 186 valence electrons. The summed E-state index contributed by atoms with van der Waals surface area (Å²) in [6.07, 6.45) is 0. The molecule has 0 heterocycles. The maximum atomic E-state index is 5.50. The highest BCUT2D eigenvalue weighted by Gasteiger charge is 2.29. The van der Waals surface area contributed by atoms with Crippen molar-refractivity contribution >= 4 is 41.9 Å². The molecule has 5 heteroatoms. The Hall–Kier alpha value is -3.20. The van der Waals surface area contributed by atoms with Crippen molar-refractivity contribution in [2.24, 2.45) is 0 Å². The van der Waals surface area contributed by atoms with E-state index in [2.05, 4.69) is 122 Å². The van der Waals surface area contributed by atoms with Crippen LogP contribution in [0.2, 0.25) is 19.1 Å². The Bertz CT molecular complexity index is 1190. The van der Waals surface area contributed by atoms with Gasteiger partial charge in [-0.15, -0.1) is 0 Å². The average Bonchev–Trinajstić information content (AvgIpc) is 2.94. The highest BCUT2D eigenvalue weighted by Crippen LogP contribution is 2.45. The largest absolute Gasteiger partial charge is 0.497 e. The van der Waals surface area contributed by atoms with Crippen molar-refractivity contribution in [2.75, 3.05) is 21.3 Å². The molecule has 0 aliphatic heterocycles. The summed E-state index contributed by atoms with van der Waals surface area (Å²) in [6, 6.07) is 37.9. The summed E-state index contributed by atoms with van der Waals surface area (Å²) in [6.45, 7) is 2.81. The van der Waals surface area contributed by atoms with Gasteiger partial charge in [-0.2, -0.15) is 0 Å². The fourth-order valence-corrected chi connectivity index (χ4v) is 12.2. The van der Waals surface area contributed by atoms with Crippen LogP contribution in [0.25, 0.3) is 0 Å². The van der Waals surface area contributed by atoms with Gasteiger partial charge in [0.25, 0.3) is 0 Å². The Labute approximate surface area is 216 Å². The lowest BCUT2D eigenvalue weighted by Gasteiger charge is -2.31. The normalized spacial score (nSPS) is 11.6. The van der Waals surface area contributed by atoms with Crippen LogP contribution in [0.1, 0.15) is 0 Å². The number of rotatable bonds is 9. The van der Waals surface area contributed by atoms with Crippen molar-refractivity contribution in [3.8, 4) is 17.2 Å². The summed E-state index contributed by atoms with van der Waals surface area (Å²) < 4.78 is 16.5. The average molecular weight is 515 g/mol. The number of hydrogen-bond donors (Lipinski definition) is 0. The van der Waals surface area contributed by atoms with Crippen molar-refractivity contribution in [1.82, 2.24) is 0 Å². The lowest BCUT2D eigenvalue weighted by Crippen LogP contribution is -2.42. The summed E-state index contributed by atoms with van der Waals surface area (Å²) in [7, 11) is 3.40. The van der Waals surface area contributed by atoms with Gasteiger partial charge in [-0.25, -0.2) is 0 Å². The second-order valence-corrected chi connectivity index (χ2v) is 17.6. The van der Waals surface area contributed by atoms with Gasteiger partial charge >= 0.3 is 0 Å². The van der Waals surface area contributed by atoms with Crippen molar-refractivity contribution in [2.45, 2.75) is 19.1 Å². The molecule has 0 spiro atoms. The van der Waals surface area contributed by atoms with Gasteiger partial charge in [0.2, 0.25) is 0 Å². The van der Waals surface area contributed by atoms with Crippen LogP contribution in [0.5, 0.6) is 17.2 Å². The van der Waals surface area contributed by atoms with Gasteiger partial charge in [0, 0.05) is 0 Å². The second-order valence-electron chi connectivity index (χ2n) is 9.45. The minimum absolute atomic E-state index is 0.861. The molecule has 0 radical (unpaired) electrons. The van der Waals surface area contributed by atoms with Crippen LogP contribution in [0.3, 0.4) is 0 Å². The van der Waals surface area contributed by atoms with Crippen molar-refractivity contribution in [3.05, 3.63) is 103 Å². The second kappa shape index (κ2) is 11.2. The highest BCUT2D eigenvalue weighted by atomic mass is 31.2. The summed E-state index contributed by atoms with van der Waals surface area (Å²) in [5, 5.41) is 5.38. The molecule has 0 atom stereocenters. The quantitative estimate of drug-likeness (QED) is 0.220. The molecule has 0 N–H and O–H groups in total. The SMILES string of the molecule is COc1ccc(P(=CC[Si](C)(C)c2ccccc2)(c2ccc(OC)cc2)c2ccc(OC)cc2)cc1. The summed E-state index contributed by atoms with van der Waals surface area (Å²) in [5.74, 6) is 5.22. The molecular weight excluding hydrogens is 479 g/mol. The summed E-state index contributed by atoms with van der Waals surface area (Å²) in [5.41, 5.74) is 0. The molecule has 36 heavy (non-hydrogen) atoms. The first-order chi connectivity index (χ1) is 17.4. The van der Waals surface area contributed by atoms with Crippen LogP contribution in [-0.2, 0) is 0 Å². The van der Waals surface area contributed by atoms with E-state index >= 15 is 0 Å². The maximum Gasteiger partial charge on any atom is 0.118 e. The zero-order chi connectivity index (χ0) is 25.6. The first-order valence-electron chi connectivity index (χ1n) is 12.2. The number of hydrogen-bond acceptors (Lipinski definition) is 3. The van der Waals surface area contributed by atoms with E-state index in [-0.39, 0.29) is 0 Å². The minimum Gasteiger partial charge on any atom is -0.497 e. The van der Waals surface area contributed by atoms with Crippen LogP contribution in [0, 0.1) is 0 Å². The third-order valence-corrected chi connectivity index (χ3v) is 14.4. The fourth-order valence-electron chi connectivity index (χ4n) is 4.59. The molecule has 0 fully saturated rings. The lowest BCUT2D eigenvalue weighted by atomic mass is 10.3. The van der Waals surface area contributed by atoms with Gasteiger partial charge in [-0.1, -0.05) is 90.8 Å². The molecule has 4 aromatic carbocycles. The molecule has 0 amide bonds. The van der Waals surface area contributed by atoms with E-state index in [0.29, 0.717) is 0 Å². The van der Waals surface area contributed by atoms with Gasteiger partial charge in [0.1, 0.15) is 17.2 Å². The number of ether oxygens (including phenoxy) is 3. The van der Waals surface area contributed by atoms with Crippen LogP contribution in [0.4, 0.5) is 0 Å². The van der Waals surface area contributed by atoms with E-state index in [1.165, 1.54) is 21.1 Å². The third kappa shape index (κ3) is 5.30. The van der Waals surface area contributed by atoms with Crippen LogP contribution >= 0.6 is 6.89 Å². The van der Waals surface area contributed by atoms with Crippen molar-refractivity contribution in [1.29, 1.82) is 0 Å². The van der Waals surface area contributed by atoms with E-state index < -0.39 is 15.0 Å². The number of methoxy groups -OCH3 is 3. The molecule has 4 rings (SSSR count). The molecule has 0 aliphatic rings. The molecule has 0 aliphatic carbocycles. The molecular formula is C31H35O3PSi. The third-order valence-electron chi connectivity index (χ3n) is 6.87. The Balaban J connectivity index is 1.99. The van der Waals surface area contributed by atoms with E-state index in [0.717, 1.165) is 23.3 Å². The highest BCUT2D eigenvalue weighted by molar-refractivity contribution is 7.94. The summed E-state index contributed by atoms with van der Waals surface area (Å²) in [4.78, 5) is 0. The molecule has 0 saturated carbocycles. The van der Waals surface area contributed by atoms with Gasteiger partial charge in [-0.05, 0) is 65.2 Å². The fraction of sp³-hybridized carbons (Fsp3) is 0.194. The predicted molar refractivity (Wildman–Crippen MR) is 159 cm³/mol. The van der Waals surface area contributed by atoms with E-state index in [1.807, 2.05) is 0 Å². The molecule has 4 aromatic rings. The monoisotopic (exact) mass is 514 g/mol. The summed E-state index contributed by atoms with van der Waals surface area (Å²) >= 11 is 0. The van der Waals surface area contributed by atoms with Crippen LogP contribution < -0.4 is 35.3 Å². The maximum absolute atomic E-state index is 5.50. The zero-order valence-electron chi connectivity index (χ0n) is 21.8. The Morgan fingerprint density at radius 2 is 0.917 bits per heavy atom. The minimum atomic E-state index is -2.12. The Kier molecular flexibility index (Phi) is 8.08. The Morgan fingerprint density at radius 1 is 0.556 bits per heavy atom. The first-order valence-corrected chi connectivity index (χ1v) is 17.2. The zero-order valence-corrected chi connectivity index (χ0v) is 23.7. The van der Waals surface area contributed by atoms with Gasteiger partial charge in [-0.3, -0.25) is 0 Å². The standard InChI is InChI=1S/C31H35O3PSi/c1-32-25-11-17-28(18-12-25)35(29-19-13-26(33-2)14-20-29,30-21-15-27(34-3)16-22-30)23-24-36(4,5)31-9-7-6-8-10-31/h6-23H,24H2,1-5H3.